The van der Waals surface area contributed by atoms with Crippen LogP contribution in [0.5, 0.6) is 11.5 Å². The summed E-state index contributed by atoms with van der Waals surface area (Å²) in [4.78, 5) is 22.2. The summed E-state index contributed by atoms with van der Waals surface area (Å²) in [6, 6.07) is 12.9. The van der Waals surface area contributed by atoms with Gasteiger partial charge in [-0.2, -0.15) is 0 Å². The Morgan fingerprint density at radius 3 is 2.73 bits per heavy atom. The first-order valence-corrected chi connectivity index (χ1v) is 9.20. The summed E-state index contributed by atoms with van der Waals surface area (Å²) in [5.74, 6) is -0.0304. The summed E-state index contributed by atoms with van der Waals surface area (Å²) in [6.45, 7) is 1.97. The van der Waals surface area contributed by atoms with E-state index >= 15 is 0 Å². The molecule has 0 spiro atoms. The number of aromatic hydroxyl groups is 2. The molecule has 4 rings (SSSR count). The Hall–Kier alpha value is -3.91. The summed E-state index contributed by atoms with van der Waals surface area (Å²) in [6.07, 6.45) is 1.27. The highest BCUT2D eigenvalue weighted by atomic mass is 35.5. The van der Waals surface area contributed by atoms with E-state index in [2.05, 4.69) is 15.0 Å². The molecule has 8 nitrogen and oxygen atoms in total. The lowest BCUT2D eigenvalue weighted by Crippen LogP contribution is -1.92. The minimum atomic E-state index is -0.722. The number of nitro groups is 1. The molecule has 0 fully saturated rings. The van der Waals surface area contributed by atoms with Gasteiger partial charge in [0.05, 0.1) is 27.2 Å². The van der Waals surface area contributed by atoms with Crippen LogP contribution < -0.4 is 0 Å². The Morgan fingerprint density at radius 2 is 1.97 bits per heavy atom. The minimum Gasteiger partial charge on any atom is -0.507 e. The summed E-state index contributed by atoms with van der Waals surface area (Å²) >= 11 is 5.90. The SMILES string of the molecule is Cc1ccc2nc(-c3cc(N=Cc4cc(Cl)cc([N+](=O)[O-])c4O)ccc3O)[nH]c2c1. The second-order valence-electron chi connectivity index (χ2n) is 6.69. The monoisotopic (exact) mass is 422 g/mol. The van der Waals surface area contributed by atoms with Gasteiger partial charge in [0.25, 0.3) is 0 Å². The van der Waals surface area contributed by atoms with Crippen molar-refractivity contribution in [3.05, 3.63) is 74.8 Å². The van der Waals surface area contributed by atoms with Gasteiger partial charge in [-0.25, -0.2) is 4.98 Å². The number of nitro benzene ring substituents is 1. The van der Waals surface area contributed by atoms with Gasteiger partial charge in [-0.05, 0) is 48.9 Å². The molecule has 0 amide bonds. The van der Waals surface area contributed by atoms with Gasteiger partial charge in [-0.1, -0.05) is 17.7 Å². The number of phenolic OH excluding ortho intramolecular Hbond substituents is 2. The van der Waals surface area contributed by atoms with Crippen molar-refractivity contribution in [3.63, 3.8) is 0 Å². The number of hydrogen-bond acceptors (Lipinski definition) is 6. The number of imidazole rings is 1. The van der Waals surface area contributed by atoms with E-state index in [0.29, 0.717) is 17.1 Å². The second-order valence-corrected chi connectivity index (χ2v) is 7.12. The number of halogens is 1. The molecule has 9 heteroatoms. The highest BCUT2D eigenvalue weighted by Crippen LogP contribution is 2.34. The van der Waals surface area contributed by atoms with Gasteiger partial charge in [0.1, 0.15) is 11.6 Å². The van der Waals surface area contributed by atoms with Gasteiger partial charge in [-0.15, -0.1) is 0 Å². The van der Waals surface area contributed by atoms with Gasteiger partial charge in [0.2, 0.25) is 5.75 Å². The molecule has 150 valence electrons. The number of aliphatic imine (C=N–C) groups is 1. The number of aromatic amines is 1. The highest BCUT2D eigenvalue weighted by molar-refractivity contribution is 6.31. The van der Waals surface area contributed by atoms with Crippen LogP contribution in [0.15, 0.2) is 53.5 Å². The molecule has 0 bridgehead atoms. The van der Waals surface area contributed by atoms with Crippen LogP contribution in [-0.2, 0) is 0 Å². The van der Waals surface area contributed by atoms with Crippen LogP contribution in [0.4, 0.5) is 11.4 Å². The zero-order valence-electron chi connectivity index (χ0n) is 15.6. The molecule has 3 aromatic carbocycles. The number of aromatic nitrogens is 2. The predicted molar refractivity (Wildman–Crippen MR) is 115 cm³/mol. The van der Waals surface area contributed by atoms with Crippen molar-refractivity contribution < 1.29 is 15.1 Å². The Morgan fingerprint density at radius 1 is 1.17 bits per heavy atom. The number of rotatable bonds is 4. The Labute approximate surface area is 175 Å². The van der Waals surface area contributed by atoms with Crippen LogP contribution >= 0.6 is 11.6 Å². The maximum atomic E-state index is 11.0. The van der Waals surface area contributed by atoms with E-state index in [1.807, 2.05) is 25.1 Å². The van der Waals surface area contributed by atoms with Crippen molar-refractivity contribution in [1.29, 1.82) is 0 Å². The van der Waals surface area contributed by atoms with E-state index in [4.69, 9.17) is 11.6 Å². The van der Waals surface area contributed by atoms with Crippen molar-refractivity contribution >= 4 is 40.2 Å². The molecule has 3 N–H and O–H groups in total. The Balaban J connectivity index is 1.72. The van der Waals surface area contributed by atoms with E-state index in [0.717, 1.165) is 22.7 Å². The second kappa shape index (κ2) is 7.49. The average Bonchev–Trinajstić information content (AvgIpc) is 3.12. The van der Waals surface area contributed by atoms with Crippen LogP contribution in [0.2, 0.25) is 5.02 Å². The number of benzene rings is 3. The average molecular weight is 423 g/mol. The lowest BCUT2D eigenvalue weighted by atomic mass is 10.1. The zero-order chi connectivity index (χ0) is 21.4. The van der Waals surface area contributed by atoms with Gasteiger partial charge in [0, 0.05) is 22.9 Å². The third-order valence-corrected chi connectivity index (χ3v) is 4.72. The number of H-pyrrole nitrogens is 1. The Bertz CT molecular complexity index is 1330. The van der Waals surface area contributed by atoms with E-state index < -0.39 is 16.4 Å². The molecule has 0 unspecified atom stereocenters. The molecule has 1 aromatic heterocycles. The van der Waals surface area contributed by atoms with Crippen molar-refractivity contribution in [2.24, 2.45) is 4.99 Å². The molecular weight excluding hydrogens is 408 g/mol. The van der Waals surface area contributed by atoms with Crippen LogP contribution in [0.3, 0.4) is 0 Å². The van der Waals surface area contributed by atoms with E-state index in [9.17, 15) is 20.3 Å². The van der Waals surface area contributed by atoms with E-state index in [1.54, 1.807) is 12.1 Å². The third kappa shape index (κ3) is 3.68. The van der Waals surface area contributed by atoms with E-state index in [-0.39, 0.29) is 16.3 Å². The first-order chi connectivity index (χ1) is 14.3. The number of phenols is 2. The van der Waals surface area contributed by atoms with E-state index in [1.165, 1.54) is 18.3 Å². The maximum Gasteiger partial charge on any atom is 0.312 e. The molecule has 0 saturated carbocycles. The molecule has 0 radical (unpaired) electrons. The van der Waals surface area contributed by atoms with Gasteiger partial charge >= 0.3 is 5.69 Å². The topological polar surface area (TPSA) is 125 Å². The lowest BCUT2D eigenvalue weighted by molar-refractivity contribution is -0.385. The molecule has 4 aromatic rings. The number of aryl methyl sites for hydroxylation is 1. The molecule has 0 atom stereocenters. The Kier molecular flexibility index (Phi) is 4.85. The van der Waals surface area contributed by atoms with Crippen molar-refractivity contribution in [1.82, 2.24) is 9.97 Å². The summed E-state index contributed by atoms with van der Waals surface area (Å²) in [7, 11) is 0. The molecule has 0 aliphatic heterocycles. The molecular formula is C21H15ClN4O4. The van der Waals surface area contributed by atoms with Crippen molar-refractivity contribution in [3.8, 4) is 22.9 Å². The van der Waals surface area contributed by atoms with Crippen LogP contribution in [0.1, 0.15) is 11.1 Å². The fourth-order valence-electron chi connectivity index (χ4n) is 3.03. The summed E-state index contributed by atoms with van der Waals surface area (Å²) < 4.78 is 0. The standard InChI is InChI=1S/C21H15ClN4O4/c1-11-2-4-16-17(6-11)25-21(24-16)15-9-14(3-5-19(15)27)23-10-12-7-13(22)8-18(20(12)28)26(29)30/h2-10,27-28H,1H3,(H,24,25). The lowest BCUT2D eigenvalue weighted by Gasteiger charge is -2.04. The maximum absolute atomic E-state index is 11.0. The highest BCUT2D eigenvalue weighted by Gasteiger charge is 2.18. The fourth-order valence-corrected chi connectivity index (χ4v) is 3.25. The largest absolute Gasteiger partial charge is 0.507 e. The van der Waals surface area contributed by atoms with Gasteiger partial charge in [0.15, 0.2) is 0 Å². The van der Waals surface area contributed by atoms with Crippen molar-refractivity contribution in [2.45, 2.75) is 6.92 Å². The summed E-state index contributed by atoms with van der Waals surface area (Å²) in [5.41, 5.74) is 3.17. The number of nitrogens with zero attached hydrogens (tertiary/aromatic N) is 3. The quantitative estimate of drug-likeness (QED) is 0.235. The molecule has 0 aliphatic carbocycles. The van der Waals surface area contributed by atoms with Gasteiger partial charge < -0.3 is 15.2 Å². The number of nitrogens with one attached hydrogen (secondary N) is 1. The number of hydrogen-bond donors (Lipinski definition) is 3. The smallest absolute Gasteiger partial charge is 0.312 e. The fraction of sp³-hybridized carbons (Fsp3) is 0.0476. The molecule has 30 heavy (non-hydrogen) atoms. The van der Waals surface area contributed by atoms with Crippen LogP contribution in [-0.4, -0.2) is 31.3 Å². The molecule has 0 aliphatic rings. The summed E-state index contributed by atoms with van der Waals surface area (Å²) in [5, 5.41) is 31.5. The first-order valence-electron chi connectivity index (χ1n) is 8.82. The predicted octanol–water partition coefficient (Wildman–Crippen LogP) is 5.26. The van der Waals surface area contributed by atoms with Crippen molar-refractivity contribution in [2.75, 3.05) is 0 Å². The first kappa shape index (κ1) is 19.4. The third-order valence-electron chi connectivity index (χ3n) is 4.51. The normalized spacial score (nSPS) is 11.4. The zero-order valence-corrected chi connectivity index (χ0v) is 16.4. The van der Waals surface area contributed by atoms with Gasteiger partial charge in [-0.3, -0.25) is 15.1 Å². The minimum absolute atomic E-state index is 0.0194. The number of fused-ring (bicyclic) bond motifs is 1. The van der Waals surface area contributed by atoms with Crippen LogP contribution in [0, 0.1) is 17.0 Å². The molecule has 1 heterocycles. The molecule has 0 saturated heterocycles. The van der Waals surface area contributed by atoms with Crippen LogP contribution in [0.25, 0.3) is 22.4 Å².